The average Bonchev–Trinajstić information content (AvgIpc) is 2.95. The van der Waals surface area contributed by atoms with E-state index in [9.17, 15) is 14.9 Å². The normalized spacial score (nSPS) is 11.9. The summed E-state index contributed by atoms with van der Waals surface area (Å²) in [5, 5.41) is 11.0. The van der Waals surface area contributed by atoms with Crippen molar-refractivity contribution in [3.8, 4) is 0 Å². The lowest BCUT2D eigenvalue weighted by Crippen LogP contribution is -2.19. The maximum Gasteiger partial charge on any atom is 0.279 e. The highest BCUT2D eigenvalue weighted by molar-refractivity contribution is 7.16. The summed E-state index contributed by atoms with van der Waals surface area (Å²) in [5.41, 5.74) is 3.30. The summed E-state index contributed by atoms with van der Waals surface area (Å²) >= 11 is 1.25. The molecular weight excluding hydrogens is 366 g/mol. The Bertz CT molecular complexity index is 1080. The first kappa shape index (κ1) is 18.9. The number of thiazole rings is 1. The van der Waals surface area contributed by atoms with Crippen molar-refractivity contribution in [3.63, 3.8) is 0 Å². The SMILES string of the molecule is COCCn1c(=NC(=O)c2cc(C)cc(C)c2)sc2cc([N+](=O)[O-])ccc21. The number of methoxy groups -OCH3 is 1. The fourth-order valence-electron chi connectivity index (χ4n) is 2.91. The minimum Gasteiger partial charge on any atom is -0.383 e. The van der Waals surface area contributed by atoms with Gasteiger partial charge in [0.15, 0.2) is 4.80 Å². The van der Waals surface area contributed by atoms with Crippen LogP contribution >= 0.6 is 11.3 Å². The Hall–Kier alpha value is -2.84. The number of benzene rings is 2. The molecule has 1 amide bonds. The number of rotatable bonds is 5. The van der Waals surface area contributed by atoms with Crippen molar-refractivity contribution in [2.24, 2.45) is 4.99 Å². The summed E-state index contributed by atoms with van der Waals surface area (Å²) in [6.45, 7) is 4.79. The summed E-state index contributed by atoms with van der Waals surface area (Å²) < 4.78 is 7.71. The predicted octanol–water partition coefficient (Wildman–Crippen LogP) is 3.62. The molecule has 3 aromatic rings. The van der Waals surface area contributed by atoms with Crippen LogP contribution in [0, 0.1) is 24.0 Å². The number of carbonyl (C=O) groups excluding carboxylic acids is 1. The Morgan fingerprint density at radius 2 is 1.93 bits per heavy atom. The van der Waals surface area contributed by atoms with E-state index in [1.54, 1.807) is 25.3 Å². The number of non-ortho nitro benzene ring substituents is 1. The van der Waals surface area contributed by atoms with Crippen LogP contribution in [0.25, 0.3) is 10.2 Å². The number of ether oxygens (including phenoxy) is 1. The summed E-state index contributed by atoms with van der Waals surface area (Å²) in [6.07, 6.45) is 0. The highest BCUT2D eigenvalue weighted by Crippen LogP contribution is 2.23. The van der Waals surface area contributed by atoms with Crippen LogP contribution in [0.1, 0.15) is 21.5 Å². The van der Waals surface area contributed by atoms with E-state index in [1.807, 2.05) is 24.5 Å². The first-order valence-electron chi connectivity index (χ1n) is 8.33. The van der Waals surface area contributed by atoms with Gasteiger partial charge in [0.05, 0.1) is 21.7 Å². The second-order valence-electron chi connectivity index (χ2n) is 6.23. The zero-order valence-electron chi connectivity index (χ0n) is 15.3. The maximum atomic E-state index is 12.7. The van der Waals surface area contributed by atoms with Crippen molar-refractivity contribution >= 4 is 33.1 Å². The number of aromatic nitrogens is 1. The first-order chi connectivity index (χ1) is 12.9. The standard InChI is InChI=1S/C19H19N3O4S/c1-12-8-13(2)10-14(9-12)18(23)20-19-21(6-7-26-3)16-5-4-15(22(24)25)11-17(16)27-19/h4-5,8-11H,6-7H2,1-3H3. The molecule has 0 aliphatic rings. The first-order valence-corrected chi connectivity index (χ1v) is 9.15. The number of amides is 1. The van der Waals surface area contributed by atoms with Crippen LogP contribution in [-0.2, 0) is 11.3 Å². The van der Waals surface area contributed by atoms with Gasteiger partial charge >= 0.3 is 0 Å². The van der Waals surface area contributed by atoms with Crippen LogP contribution in [0.2, 0.25) is 0 Å². The van der Waals surface area contributed by atoms with Crippen LogP contribution in [0.15, 0.2) is 41.4 Å². The van der Waals surface area contributed by atoms with Gasteiger partial charge in [0.2, 0.25) is 0 Å². The number of nitrogens with zero attached hydrogens (tertiary/aromatic N) is 3. The molecule has 0 radical (unpaired) electrons. The Labute approximate surface area is 159 Å². The van der Waals surface area contributed by atoms with Gasteiger partial charge in [0, 0.05) is 31.4 Å². The average molecular weight is 385 g/mol. The molecule has 27 heavy (non-hydrogen) atoms. The van der Waals surface area contributed by atoms with E-state index in [0.29, 0.717) is 28.2 Å². The Morgan fingerprint density at radius 3 is 2.56 bits per heavy atom. The molecule has 0 saturated carbocycles. The third-order valence-corrected chi connectivity index (χ3v) is 5.10. The number of aryl methyl sites for hydroxylation is 2. The van der Waals surface area contributed by atoms with Gasteiger partial charge in [-0.05, 0) is 32.0 Å². The van der Waals surface area contributed by atoms with E-state index in [4.69, 9.17) is 4.74 Å². The number of nitro groups is 1. The largest absolute Gasteiger partial charge is 0.383 e. The van der Waals surface area contributed by atoms with Gasteiger partial charge in [-0.1, -0.05) is 28.5 Å². The molecule has 1 aromatic heterocycles. The smallest absolute Gasteiger partial charge is 0.279 e. The fraction of sp³-hybridized carbons (Fsp3) is 0.263. The molecule has 0 unspecified atom stereocenters. The molecule has 2 aromatic carbocycles. The predicted molar refractivity (Wildman–Crippen MR) is 104 cm³/mol. The molecule has 0 saturated heterocycles. The van der Waals surface area contributed by atoms with Gasteiger partial charge < -0.3 is 9.30 Å². The van der Waals surface area contributed by atoms with Crippen LogP contribution in [0.3, 0.4) is 0 Å². The maximum absolute atomic E-state index is 12.7. The third-order valence-electron chi connectivity index (χ3n) is 4.06. The Balaban J connectivity index is 2.14. The number of fused-ring (bicyclic) bond motifs is 1. The van der Waals surface area contributed by atoms with Crippen LogP contribution in [0.5, 0.6) is 0 Å². The van der Waals surface area contributed by atoms with Crippen molar-refractivity contribution in [3.05, 3.63) is 68.0 Å². The zero-order chi connectivity index (χ0) is 19.6. The molecule has 0 aliphatic heterocycles. The van der Waals surface area contributed by atoms with Gasteiger partial charge in [0.1, 0.15) is 0 Å². The van der Waals surface area contributed by atoms with Crippen molar-refractivity contribution in [2.45, 2.75) is 20.4 Å². The number of nitro benzene ring substituents is 1. The fourth-order valence-corrected chi connectivity index (χ4v) is 4.00. The van der Waals surface area contributed by atoms with Gasteiger partial charge in [-0.3, -0.25) is 14.9 Å². The lowest BCUT2D eigenvalue weighted by molar-refractivity contribution is -0.384. The van der Waals surface area contributed by atoms with E-state index in [-0.39, 0.29) is 11.6 Å². The van der Waals surface area contributed by atoms with Crippen molar-refractivity contribution < 1.29 is 14.5 Å². The molecule has 0 bridgehead atoms. The van der Waals surface area contributed by atoms with Gasteiger partial charge in [-0.15, -0.1) is 0 Å². The quantitative estimate of drug-likeness (QED) is 0.496. The summed E-state index contributed by atoms with van der Waals surface area (Å²) in [7, 11) is 1.59. The number of hydrogen-bond donors (Lipinski definition) is 0. The van der Waals surface area contributed by atoms with Crippen molar-refractivity contribution in [1.82, 2.24) is 4.57 Å². The van der Waals surface area contributed by atoms with Crippen LogP contribution in [-0.4, -0.2) is 29.1 Å². The molecule has 0 fully saturated rings. The monoisotopic (exact) mass is 385 g/mol. The molecule has 3 rings (SSSR count). The van der Waals surface area contributed by atoms with E-state index >= 15 is 0 Å². The summed E-state index contributed by atoms with van der Waals surface area (Å²) in [5.74, 6) is -0.339. The van der Waals surface area contributed by atoms with Gasteiger partial charge in [0.25, 0.3) is 11.6 Å². The Morgan fingerprint density at radius 1 is 1.22 bits per heavy atom. The molecular formula is C19H19N3O4S. The molecule has 140 valence electrons. The number of carbonyl (C=O) groups is 1. The minimum absolute atomic E-state index is 0.00910. The number of hydrogen-bond acceptors (Lipinski definition) is 5. The third kappa shape index (κ3) is 4.12. The van der Waals surface area contributed by atoms with Crippen molar-refractivity contribution in [1.29, 1.82) is 0 Å². The van der Waals surface area contributed by atoms with E-state index in [0.717, 1.165) is 16.6 Å². The molecule has 0 spiro atoms. The van der Waals surface area contributed by atoms with Gasteiger partial charge in [-0.25, -0.2) is 0 Å². The topological polar surface area (TPSA) is 86.7 Å². The van der Waals surface area contributed by atoms with E-state index in [2.05, 4.69) is 4.99 Å². The van der Waals surface area contributed by atoms with Crippen molar-refractivity contribution in [2.75, 3.05) is 13.7 Å². The van der Waals surface area contributed by atoms with E-state index in [1.165, 1.54) is 23.5 Å². The van der Waals surface area contributed by atoms with Crippen LogP contribution in [0.4, 0.5) is 5.69 Å². The van der Waals surface area contributed by atoms with E-state index < -0.39 is 4.92 Å². The summed E-state index contributed by atoms with van der Waals surface area (Å²) in [6, 6.07) is 10.2. The molecule has 8 heteroatoms. The Kier molecular flexibility index (Phi) is 5.48. The molecule has 0 atom stereocenters. The highest BCUT2D eigenvalue weighted by atomic mass is 32.1. The lowest BCUT2D eigenvalue weighted by Gasteiger charge is -2.04. The minimum atomic E-state index is -0.434. The highest BCUT2D eigenvalue weighted by Gasteiger charge is 2.13. The summed E-state index contributed by atoms with van der Waals surface area (Å²) in [4.78, 5) is 28.1. The van der Waals surface area contributed by atoms with Crippen LogP contribution < -0.4 is 4.80 Å². The molecule has 0 aliphatic carbocycles. The molecule has 0 N–H and O–H groups in total. The van der Waals surface area contributed by atoms with Gasteiger partial charge in [-0.2, -0.15) is 4.99 Å². The zero-order valence-corrected chi connectivity index (χ0v) is 16.1. The molecule has 7 nitrogen and oxygen atoms in total. The second-order valence-corrected chi connectivity index (χ2v) is 7.24. The molecule has 1 heterocycles. The second kappa shape index (κ2) is 7.81. The lowest BCUT2D eigenvalue weighted by atomic mass is 10.1.